The van der Waals surface area contributed by atoms with Crippen LogP contribution in [0.15, 0.2) is 6.20 Å². The van der Waals surface area contributed by atoms with Gasteiger partial charge in [-0.2, -0.15) is 0 Å². The second-order valence-electron chi connectivity index (χ2n) is 2.95. The summed E-state index contributed by atoms with van der Waals surface area (Å²) in [5.41, 5.74) is 0.852. The highest BCUT2D eigenvalue weighted by molar-refractivity contribution is 5.30. The predicted molar refractivity (Wildman–Crippen MR) is 50.6 cm³/mol. The summed E-state index contributed by atoms with van der Waals surface area (Å²) >= 11 is 0. The van der Waals surface area contributed by atoms with Gasteiger partial charge in [0.15, 0.2) is 5.75 Å². The zero-order valence-corrected chi connectivity index (χ0v) is 8.03. The molecule has 0 spiro atoms. The number of rotatable bonds is 2. The monoisotopic (exact) mass is 176 g/mol. The fourth-order valence-corrected chi connectivity index (χ4v) is 1.02. The summed E-state index contributed by atoms with van der Waals surface area (Å²) in [7, 11) is 1.60. The van der Waals surface area contributed by atoms with Crippen LogP contribution in [0.5, 0.6) is 5.75 Å². The molecule has 0 N–H and O–H groups in total. The lowest BCUT2D eigenvalue weighted by atomic mass is 10.1. The summed E-state index contributed by atoms with van der Waals surface area (Å²) in [6.45, 7) is 4.07. The first-order valence-electron chi connectivity index (χ1n) is 4.06. The zero-order valence-electron chi connectivity index (χ0n) is 8.03. The van der Waals surface area contributed by atoms with Gasteiger partial charge < -0.3 is 4.74 Å². The Morgan fingerprint density at radius 3 is 2.69 bits per heavy atom. The van der Waals surface area contributed by atoms with Crippen LogP contribution in [0.4, 0.5) is 0 Å². The molecule has 0 aliphatic rings. The Kier molecular flexibility index (Phi) is 2.86. The number of ether oxygens (including phenoxy) is 1. The first kappa shape index (κ1) is 9.53. The fourth-order valence-electron chi connectivity index (χ4n) is 1.02. The van der Waals surface area contributed by atoms with Crippen LogP contribution in [-0.2, 0) is 0 Å². The van der Waals surface area contributed by atoms with Crippen molar-refractivity contribution in [3.63, 3.8) is 0 Å². The Hall–Kier alpha value is -1.56. The minimum atomic E-state index is 0.282. The van der Waals surface area contributed by atoms with E-state index in [2.05, 4.69) is 15.9 Å². The summed E-state index contributed by atoms with van der Waals surface area (Å²) in [6.07, 6.45) is 6.80. The van der Waals surface area contributed by atoms with E-state index in [9.17, 15) is 0 Å². The van der Waals surface area contributed by atoms with E-state index in [-0.39, 0.29) is 5.92 Å². The first-order valence-corrected chi connectivity index (χ1v) is 4.06. The SMILES string of the molecule is C#Cc1ncc(OC)c(C(C)C)n1. The maximum absolute atomic E-state index is 5.19. The smallest absolute Gasteiger partial charge is 0.205 e. The van der Waals surface area contributed by atoms with Crippen LogP contribution >= 0.6 is 0 Å². The molecule has 0 saturated carbocycles. The van der Waals surface area contributed by atoms with Gasteiger partial charge in [-0.15, -0.1) is 6.42 Å². The van der Waals surface area contributed by atoms with Gasteiger partial charge in [-0.1, -0.05) is 13.8 Å². The maximum atomic E-state index is 5.19. The van der Waals surface area contributed by atoms with Gasteiger partial charge in [0.25, 0.3) is 0 Å². The Bertz CT molecular complexity index is 339. The quantitative estimate of drug-likeness (QED) is 0.642. The molecule has 0 bridgehead atoms. The highest BCUT2D eigenvalue weighted by Crippen LogP contribution is 2.22. The molecule has 1 aromatic heterocycles. The molecule has 0 atom stereocenters. The standard InChI is InChI=1S/C10H12N2O/c1-5-9-11-6-8(13-4)10(12-9)7(2)3/h1,6-7H,2-4H3. The molecule has 0 aliphatic carbocycles. The third-order valence-corrected chi connectivity index (χ3v) is 1.68. The van der Waals surface area contributed by atoms with Crippen molar-refractivity contribution in [1.29, 1.82) is 0 Å². The molecule has 13 heavy (non-hydrogen) atoms. The van der Waals surface area contributed by atoms with Crippen LogP contribution in [0, 0.1) is 12.3 Å². The molecular weight excluding hydrogens is 164 g/mol. The average molecular weight is 176 g/mol. The Balaban J connectivity index is 3.20. The molecule has 0 unspecified atom stereocenters. The van der Waals surface area contributed by atoms with Crippen molar-refractivity contribution in [3.05, 3.63) is 17.7 Å². The minimum Gasteiger partial charge on any atom is -0.493 e. The molecule has 3 nitrogen and oxygen atoms in total. The number of terminal acetylenes is 1. The van der Waals surface area contributed by atoms with E-state index in [0.29, 0.717) is 11.6 Å². The van der Waals surface area contributed by atoms with E-state index >= 15 is 0 Å². The summed E-state index contributed by atoms with van der Waals surface area (Å²) in [4.78, 5) is 8.13. The predicted octanol–water partition coefficient (Wildman–Crippen LogP) is 1.59. The van der Waals surface area contributed by atoms with Gasteiger partial charge in [0.05, 0.1) is 19.0 Å². The molecule has 3 heteroatoms. The van der Waals surface area contributed by atoms with Gasteiger partial charge in [-0.25, -0.2) is 9.97 Å². The van der Waals surface area contributed by atoms with E-state index < -0.39 is 0 Å². The van der Waals surface area contributed by atoms with Gasteiger partial charge in [-0.3, -0.25) is 0 Å². The average Bonchev–Trinajstić information content (AvgIpc) is 2.16. The maximum Gasteiger partial charge on any atom is 0.205 e. The highest BCUT2D eigenvalue weighted by Gasteiger charge is 2.09. The van der Waals surface area contributed by atoms with Crippen molar-refractivity contribution < 1.29 is 4.74 Å². The van der Waals surface area contributed by atoms with Gasteiger partial charge >= 0.3 is 0 Å². The Morgan fingerprint density at radius 1 is 1.54 bits per heavy atom. The lowest BCUT2D eigenvalue weighted by Gasteiger charge is -2.09. The summed E-state index contributed by atoms with van der Waals surface area (Å²) in [5, 5.41) is 0. The number of nitrogens with zero attached hydrogens (tertiary/aromatic N) is 2. The second kappa shape index (κ2) is 3.90. The molecule has 1 heterocycles. The summed E-state index contributed by atoms with van der Waals surface area (Å²) in [6, 6.07) is 0. The molecule has 68 valence electrons. The number of aromatic nitrogens is 2. The molecule has 0 amide bonds. The van der Waals surface area contributed by atoms with Crippen LogP contribution in [0.3, 0.4) is 0 Å². The van der Waals surface area contributed by atoms with Crippen LogP contribution in [-0.4, -0.2) is 17.1 Å². The van der Waals surface area contributed by atoms with Gasteiger partial charge in [0.2, 0.25) is 5.82 Å². The topological polar surface area (TPSA) is 35.0 Å². The third-order valence-electron chi connectivity index (χ3n) is 1.68. The van der Waals surface area contributed by atoms with Gasteiger partial charge in [-0.05, 0) is 11.8 Å². The lowest BCUT2D eigenvalue weighted by Crippen LogP contribution is -2.01. The first-order chi connectivity index (χ1) is 6.19. The molecular formula is C10H12N2O. The van der Waals surface area contributed by atoms with Gasteiger partial charge in [0.1, 0.15) is 0 Å². The number of methoxy groups -OCH3 is 1. The highest BCUT2D eigenvalue weighted by atomic mass is 16.5. The normalized spacial score (nSPS) is 9.77. The zero-order chi connectivity index (χ0) is 9.84. The van der Waals surface area contributed by atoms with E-state index in [1.165, 1.54) is 0 Å². The third kappa shape index (κ3) is 1.97. The van der Waals surface area contributed by atoms with Crippen LogP contribution in [0.25, 0.3) is 0 Å². The molecule has 0 aromatic carbocycles. The molecule has 0 aliphatic heterocycles. The summed E-state index contributed by atoms with van der Waals surface area (Å²) in [5.74, 6) is 3.77. The van der Waals surface area contributed by atoms with Crippen LogP contribution in [0.2, 0.25) is 0 Å². The number of hydrogen-bond donors (Lipinski definition) is 0. The van der Waals surface area contributed by atoms with Crippen molar-refractivity contribution in [1.82, 2.24) is 9.97 Å². The molecule has 1 aromatic rings. The second-order valence-corrected chi connectivity index (χ2v) is 2.95. The van der Waals surface area contributed by atoms with E-state index in [1.54, 1.807) is 13.3 Å². The Labute approximate surface area is 78.2 Å². The molecule has 1 rings (SSSR count). The van der Waals surface area contributed by atoms with Crippen molar-refractivity contribution in [2.75, 3.05) is 7.11 Å². The van der Waals surface area contributed by atoms with Crippen molar-refractivity contribution in [3.8, 4) is 18.1 Å². The van der Waals surface area contributed by atoms with E-state index in [0.717, 1.165) is 5.69 Å². The molecule has 0 saturated heterocycles. The van der Waals surface area contributed by atoms with Crippen LogP contribution < -0.4 is 4.74 Å². The van der Waals surface area contributed by atoms with Crippen molar-refractivity contribution in [2.45, 2.75) is 19.8 Å². The minimum absolute atomic E-state index is 0.282. The van der Waals surface area contributed by atoms with Crippen LogP contribution in [0.1, 0.15) is 31.3 Å². The molecule has 0 radical (unpaired) electrons. The molecule has 0 fully saturated rings. The summed E-state index contributed by atoms with van der Waals surface area (Å²) < 4.78 is 5.11. The van der Waals surface area contributed by atoms with Crippen molar-refractivity contribution >= 4 is 0 Å². The lowest BCUT2D eigenvalue weighted by molar-refractivity contribution is 0.401. The number of hydrogen-bond acceptors (Lipinski definition) is 3. The Morgan fingerprint density at radius 2 is 2.23 bits per heavy atom. The fraction of sp³-hybridized carbons (Fsp3) is 0.400. The van der Waals surface area contributed by atoms with Crippen molar-refractivity contribution in [2.24, 2.45) is 0 Å². The van der Waals surface area contributed by atoms with Gasteiger partial charge in [0, 0.05) is 0 Å². The van der Waals surface area contributed by atoms with E-state index in [4.69, 9.17) is 11.2 Å². The largest absolute Gasteiger partial charge is 0.493 e. The van der Waals surface area contributed by atoms with E-state index in [1.807, 2.05) is 13.8 Å².